The third-order valence-corrected chi connectivity index (χ3v) is 2.37. The Hall–Kier alpha value is -0.810. The van der Waals surface area contributed by atoms with Crippen LogP contribution in [0.1, 0.15) is 17.4 Å². The van der Waals surface area contributed by atoms with E-state index in [9.17, 15) is 4.79 Å². The van der Waals surface area contributed by atoms with Crippen LogP contribution in [0.4, 0.5) is 0 Å². The molecular weight excluding hydrogens is 260 g/mol. The molecule has 5 heteroatoms. The fraction of sp³-hybridized carbons (Fsp3) is 0.500. The van der Waals surface area contributed by atoms with Crippen molar-refractivity contribution >= 4 is 21.8 Å². The van der Waals surface area contributed by atoms with Gasteiger partial charge >= 0.3 is 0 Å². The molecule has 0 aliphatic rings. The van der Waals surface area contributed by atoms with Crippen molar-refractivity contribution < 1.29 is 9.53 Å². The van der Waals surface area contributed by atoms with Crippen LogP contribution in [0.15, 0.2) is 16.7 Å². The summed E-state index contributed by atoms with van der Waals surface area (Å²) in [5, 5.41) is 2.78. The van der Waals surface area contributed by atoms with Crippen molar-refractivity contribution in [3.05, 3.63) is 22.4 Å². The van der Waals surface area contributed by atoms with E-state index in [1.165, 1.54) is 0 Å². The number of ether oxygens (including phenoxy) is 1. The van der Waals surface area contributed by atoms with Gasteiger partial charge in [-0.05, 0) is 28.9 Å². The fourth-order valence-electron chi connectivity index (χ4n) is 1.22. The predicted octanol–water partition coefficient (Wildman–Crippen LogP) is 1.55. The summed E-state index contributed by atoms with van der Waals surface area (Å²) in [6, 6.07) is 1.79. The Labute approximate surface area is 97.7 Å². The maximum Gasteiger partial charge on any atom is 0.268 e. The third kappa shape index (κ3) is 3.68. The summed E-state index contributed by atoms with van der Waals surface area (Å²) in [7, 11) is 1.84. The van der Waals surface area contributed by atoms with E-state index in [2.05, 4.69) is 21.2 Å². The Balaban J connectivity index is 2.43. The van der Waals surface area contributed by atoms with Gasteiger partial charge in [-0.15, -0.1) is 0 Å². The second-order valence-corrected chi connectivity index (χ2v) is 4.02. The van der Waals surface area contributed by atoms with Gasteiger partial charge in [-0.25, -0.2) is 0 Å². The van der Waals surface area contributed by atoms with Crippen LogP contribution in [0, 0.1) is 0 Å². The first-order valence-electron chi connectivity index (χ1n) is 4.83. The Kier molecular flexibility index (Phi) is 4.84. The van der Waals surface area contributed by atoms with Crippen molar-refractivity contribution in [2.75, 3.05) is 19.8 Å². The molecule has 0 radical (unpaired) electrons. The monoisotopic (exact) mass is 274 g/mol. The number of hydrogen-bond donors (Lipinski definition) is 1. The molecule has 1 aromatic rings. The van der Waals surface area contributed by atoms with Crippen LogP contribution in [-0.2, 0) is 11.8 Å². The van der Waals surface area contributed by atoms with E-state index in [0.717, 1.165) is 4.47 Å². The highest BCUT2D eigenvalue weighted by atomic mass is 79.9. The lowest BCUT2D eigenvalue weighted by atomic mass is 10.4. The third-order valence-electron chi connectivity index (χ3n) is 1.94. The summed E-state index contributed by atoms with van der Waals surface area (Å²) in [6.07, 6.45) is 1.84. The molecule has 1 N–H and O–H groups in total. The summed E-state index contributed by atoms with van der Waals surface area (Å²) in [4.78, 5) is 11.6. The van der Waals surface area contributed by atoms with Gasteiger partial charge in [-0.1, -0.05) is 0 Å². The zero-order valence-corrected chi connectivity index (χ0v) is 10.5. The predicted molar refractivity (Wildman–Crippen MR) is 61.9 cm³/mol. The number of amides is 1. The van der Waals surface area contributed by atoms with Crippen LogP contribution in [-0.4, -0.2) is 30.2 Å². The average molecular weight is 275 g/mol. The van der Waals surface area contributed by atoms with Crippen LogP contribution >= 0.6 is 15.9 Å². The molecule has 0 fully saturated rings. The van der Waals surface area contributed by atoms with Crippen LogP contribution in [0.2, 0.25) is 0 Å². The first kappa shape index (κ1) is 12.3. The minimum absolute atomic E-state index is 0.0806. The number of nitrogens with one attached hydrogen (secondary N) is 1. The van der Waals surface area contributed by atoms with Gasteiger partial charge in [0.1, 0.15) is 5.69 Å². The minimum atomic E-state index is -0.0806. The van der Waals surface area contributed by atoms with Gasteiger partial charge in [-0.2, -0.15) is 0 Å². The molecule has 0 saturated carbocycles. The molecule has 0 saturated heterocycles. The smallest absolute Gasteiger partial charge is 0.268 e. The van der Waals surface area contributed by atoms with Gasteiger partial charge in [-0.3, -0.25) is 4.79 Å². The Morgan fingerprint density at radius 3 is 2.93 bits per heavy atom. The lowest BCUT2D eigenvalue weighted by Gasteiger charge is -2.05. The van der Waals surface area contributed by atoms with Crippen molar-refractivity contribution in [2.45, 2.75) is 6.92 Å². The quantitative estimate of drug-likeness (QED) is 0.829. The molecule has 1 amide bonds. The van der Waals surface area contributed by atoms with Crippen molar-refractivity contribution in [1.82, 2.24) is 9.88 Å². The van der Waals surface area contributed by atoms with Gasteiger partial charge in [0.15, 0.2) is 0 Å². The molecule has 1 aromatic heterocycles. The number of aryl methyl sites for hydroxylation is 1. The summed E-state index contributed by atoms with van der Waals surface area (Å²) in [5.41, 5.74) is 0.637. The van der Waals surface area contributed by atoms with Gasteiger partial charge in [0.05, 0.1) is 6.61 Å². The van der Waals surface area contributed by atoms with E-state index >= 15 is 0 Å². The standard InChI is InChI=1S/C10H15BrN2O2/c1-3-15-5-4-12-10(14)9-6-8(11)7-13(9)2/h6-7H,3-5H2,1-2H3,(H,12,14). The number of carbonyl (C=O) groups excluding carboxylic acids is 1. The maximum absolute atomic E-state index is 11.6. The van der Waals surface area contributed by atoms with E-state index in [1.54, 1.807) is 10.6 Å². The van der Waals surface area contributed by atoms with Crippen LogP contribution in [0.25, 0.3) is 0 Å². The van der Waals surface area contributed by atoms with E-state index in [0.29, 0.717) is 25.5 Å². The second-order valence-electron chi connectivity index (χ2n) is 3.11. The fourth-order valence-corrected chi connectivity index (χ4v) is 1.75. The van der Waals surface area contributed by atoms with Crippen LogP contribution in [0.3, 0.4) is 0 Å². The Morgan fingerprint density at radius 1 is 1.67 bits per heavy atom. The largest absolute Gasteiger partial charge is 0.380 e. The van der Waals surface area contributed by atoms with Crippen LogP contribution < -0.4 is 5.32 Å². The number of halogens is 1. The molecular formula is C10H15BrN2O2. The number of carbonyl (C=O) groups is 1. The van der Waals surface area contributed by atoms with Gasteiger partial charge in [0.25, 0.3) is 5.91 Å². The normalized spacial score (nSPS) is 10.3. The van der Waals surface area contributed by atoms with E-state index in [-0.39, 0.29) is 5.91 Å². The zero-order chi connectivity index (χ0) is 11.3. The molecule has 1 rings (SSSR count). The second kappa shape index (κ2) is 5.92. The highest BCUT2D eigenvalue weighted by Gasteiger charge is 2.09. The Bertz CT molecular complexity index is 336. The topological polar surface area (TPSA) is 43.3 Å². The summed E-state index contributed by atoms with van der Waals surface area (Å²) < 4.78 is 7.81. The number of nitrogens with zero attached hydrogens (tertiary/aromatic N) is 1. The number of rotatable bonds is 5. The van der Waals surface area contributed by atoms with E-state index in [1.807, 2.05) is 20.2 Å². The molecule has 0 aromatic carbocycles. The minimum Gasteiger partial charge on any atom is -0.380 e. The van der Waals surface area contributed by atoms with Gasteiger partial charge < -0.3 is 14.6 Å². The molecule has 84 valence electrons. The van der Waals surface area contributed by atoms with E-state index in [4.69, 9.17) is 4.74 Å². The summed E-state index contributed by atoms with van der Waals surface area (Å²) in [6.45, 7) is 3.69. The summed E-state index contributed by atoms with van der Waals surface area (Å²) >= 11 is 3.32. The molecule has 1 heterocycles. The molecule has 0 spiro atoms. The van der Waals surface area contributed by atoms with Gasteiger partial charge in [0, 0.05) is 30.9 Å². The molecule has 15 heavy (non-hydrogen) atoms. The molecule has 0 aliphatic carbocycles. The average Bonchev–Trinajstić information content (AvgIpc) is 2.52. The lowest BCUT2D eigenvalue weighted by molar-refractivity contribution is 0.0914. The summed E-state index contributed by atoms with van der Waals surface area (Å²) in [5.74, 6) is -0.0806. The van der Waals surface area contributed by atoms with Crippen molar-refractivity contribution in [3.8, 4) is 0 Å². The maximum atomic E-state index is 11.6. The molecule has 0 unspecified atom stereocenters. The van der Waals surface area contributed by atoms with Crippen LogP contribution in [0.5, 0.6) is 0 Å². The van der Waals surface area contributed by atoms with Crippen molar-refractivity contribution in [3.63, 3.8) is 0 Å². The number of hydrogen-bond acceptors (Lipinski definition) is 2. The SMILES string of the molecule is CCOCCNC(=O)c1cc(Br)cn1C. The molecule has 0 aliphatic heterocycles. The highest BCUT2D eigenvalue weighted by molar-refractivity contribution is 9.10. The Morgan fingerprint density at radius 2 is 2.40 bits per heavy atom. The zero-order valence-electron chi connectivity index (χ0n) is 8.92. The molecule has 4 nitrogen and oxygen atoms in total. The lowest BCUT2D eigenvalue weighted by Crippen LogP contribution is -2.28. The van der Waals surface area contributed by atoms with Gasteiger partial charge in [0.2, 0.25) is 0 Å². The first-order chi connectivity index (χ1) is 7.15. The first-order valence-corrected chi connectivity index (χ1v) is 5.62. The molecule has 0 atom stereocenters. The highest BCUT2D eigenvalue weighted by Crippen LogP contribution is 2.13. The van der Waals surface area contributed by atoms with Crippen molar-refractivity contribution in [2.24, 2.45) is 7.05 Å². The number of aromatic nitrogens is 1. The van der Waals surface area contributed by atoms with E-state index < -0.39 is 0 Å². The van der Waals surface area contributed by atoms with Crippen molar-refractivity contribution in [1.29, 1.82) is 0 Å². The molecule has 0 bridgehead atoms.